The van der Waals surface area contributed by atoms with Crippen LogP contribution in [0.5, 0.6) is 0 Å². The third-order valence-corrected chi connectivity index (χ3v) is 3.43. The lowest BCUT2D eigenvalue weighted by atomic mass is 10.1. The lowest BCUT2D eigenvalue weighted by Gasteiger charge is -2.23. The van der Waals surface area contributed by atoms with E-state index in [-0.39, 0.29) is 11.6 Å². The molecule has 0 aliphatic carbocycles. The molecule has 1 atom stereocenters. The molecule has 0 bridgehead atoms. The zero-order valence-corrected chi connectivity index (χ0v) is 14.0. The number of rotatable bonds is 6. The average molecular weight is 299 g/mol. The first-order valence-corrected chi connectivity index (χ1v) is 7.49. The lowest BCUT2D eigenvalue weighted by Crippen LogP contribution is -2.35. The summed E-state index contributed by atoms with van der Waals surface area (Å²) in [6, 6.07) is 6.15. The van der Waals surface area contributed by atoms with Gasteiger partial charge in [-0.1, -0.05) is 17.7 Å². The van der Waals surface area contributed by atoms with Crippen LogP contribution < -0.4 is 10.2 Å². The highest BCUT2D eigenvalue weighted by atomic mass is 35.5. The summed E-state index contributed by atoms with van der Waals surface area (Å²) in [6.45, 7) is 9.83. The Morgan fingerprint density at radius 1 is 1.35 bits per heavy atom. The van der Waals surface area contributed by atoms with E-state index in [0.717, 1.165) is 30.2 Å². The van der Waals surface area contributed by atoms with Gasteiger partial charge in [-0.3, -0.25) is 0 Å². The molecule has 4 heteroatoms. The van der Waals surface area contributed by atoms with Crippen LogP contribution in [-0.2, 0) is 6.54 Å². The first kappa shape index (κ1) is 17.3. The van der Waals surface area contributed by atoms with Crippen molar-refractivity contribution in [3.05, 3.63) is 28.8 Å². The molecule has 0 radical (unpaired) electrons. The van der Waals surface area contributed by atoms with E-state index < -0.39 is 0 Å². The van der Waals surface area contributed by atoms with Gasteiger partial charge in [0, 0.05) is 25.7 Å². The Bertz CT molecular complexity index is 427. The van der Waals surface area contributed by atoms with Crippen molar-refractivity contribution in [1.82, 2.24) is 5.32 Å². The minimum atomic E-state index is -0.286. The molecule has 0 aliphatic heterocycles. The maximum Gasteiger partial charge on any atom is 0.0642 e. The molecule has 3 nitrogen and oxygen atoms in total. The number of halogens is 1. The summed E-state index contributed by atoms with van der Waals surface area (Å²) in [4.78, 5) is 2.08. The molecular formula is C16H27ClN2O. The molecule has 0 amide bonds. The van der Waals surface area contributed by atoms with Gasteiger partial charge in [0.25, 0.3) is 0 Å². The van der Waals surface area contributed by atoms with Gasteiger partial charge in [-0.25, -0.2) is 0 Å². The second-order valence-electron chi connectivity index (χ2n) is 6.45. The van der Waals surface area contributed by atoms with Crippen molar-refractivity contribution in [3.8, 4) is 0 Å². The van der Waals surface area contributed by atoms with Crippen LogP contribution in [0.4, 0.5) is 5.69 Å². The number of nitrogens with one attached hydrogen (secondary N) is 1. The summed E-state index contributed by atoms with van der Waals surface area (Å²) in [5.74, 6) is 0. The van der Waals surface area contributed by atoms with Crippen LogP contribution in [0.1, 0.15) is 39.7 Å². The predicted molar refractivity (Wildman–Crippen MR) is 87.6 cm³/mol. The molecule has 0 fully saturated rings. The summed E-state index contributed by atoms with van der Waals surface area (Å²) in [6.07, 6.45) is 0.451. The third-order valence-electron chi connectivity index (χ3n) is 3.13. The monoisotopic (exact) mass is 298 g/mol. The van der Waals surface area contributed by atoms with Crippen molar-refractivity contribution in [2.75, 3.05) is 18.5 Å². The second-order valence-corrected chi connectivity index (χ2v) is 6.86. The molecule has 0 aromatic heterocycles. The highest BCUT2D eigenvalue weighted by Gasteiger charge is 2.11. The van der Waals surface area contributed by atoms with Crippen LogP contribution in [-0.4, -0.2) is 30.3 Å². The van der Waals surface area contributed by atoms with Crippen molar-refractivity contribution in [2.24, 2.45) is 0 Å². The average Bonchev–Trinajstić information content (AvgIpc) is 2.32. The third kappa shape index (κ3) is 6.12. The standard InChI is InChI=1S/C16H27ClN2O/c1-12(20)8-9-19(5)15-7-6-13(10-14(15)17)11-18-16(2,3)4/h6-7,10,12,18,20H,8-9,11H2,1-5H3. The van der Waals surface area contributed by atoms with Crippen LogP contribution in [0, 0.1) is 0 Å². The summed E-state index contributed by atoms with van der Waals surface area (Å²) in [5, 5.41) is 13.5. The minimum absolute atomic E-state index is 0.0964. The van der Waals surface area contributed by atoms with Crippen molar-refractivity contribution in [1.29, 1.82) is 0 Å². The van der Waals surface area contributed by atoms with Gasteiger partial charge >= 0.3 is 0 Å². The van der Waals surface area contributed by atoms with Gasteiger partial charge in [0.1, 0.15) is 0 Å². The molecular weight excluding hydrogens is 272 g/mol. The molecule has 114 valence electrons. The maximum absolute atomic E-state index is 9.34. The molecule has 0 aliphatic rings. The first-order valence-electron chi connectivity index (χ1n) is 7.11. The molecule has 2 N–H and O–H groups in total. The topological polar surface area (TPSA) is 35.5 Å². The summed E-state index contributed by atoms with van der Waals surface area (Å²) >= 11 is 6.36. The number of hydrogen-bond acceptors (Lipinski definition) is 3. The molecule has 0 spiro atoms. The lowest BCUT2D eigenvalue weighted by molar-refractivity contribution is 0.187. The molecule has 0 saturated carbocycles. The SMILES string of the molecule is CC(O)CCN(C)c1ccc(CNC(C)(C)C)cc1Cl. The number of anilines is 1. The Hall–Kier alpha value is -0.770. The van der Waals surface area contributed by atoms with E-state index in [1.807, 2.05) is 19.2 Å². The molecule has 0 heterocycles. The van der Waals surface area contributed by atoms with E-state index in [4.69, 9.17) is 11.6 Å². The van der Waals surface area contributed by atoms with Gasteiger partial charge in [-0.2, -0.15) is 0 Å². The van der Waals surface area contributed by atoms with Crippen LogP contribution in [0.3, 0.4) is 0 Å². The number of aliphatic hydroxyl groups excluding tert-OH is 1. The van der Waals surface area contributed by atoms with Gasteiger partial charge in [0.15, 0.2) is 0 Å². The quantitative estimate of drug-likeness (QED) is 0.844. The second kappa shape index (κ2) is 7.30. The fraction of sp³-hybridized carbons (Fsp3) is 0.625. The molecule has 1 aromatic rings. The minimum Gasteiger partial charge on any atom is -0.393 e. The van der Waals surface area contributed by atoms with Crippen LogP contribution >= 0.6 is 11.6 Å². The first-order chi connectivity index (χ1) is 9.19. The van der Waals surface area contributed by atoms with E-state index >= 15 is 0 Å². The molecule has 1 rings (SSSR count). The van der Waals surface area contributed by atoms with Gasteiger partial charge in [-0.05, 0) is 51.8 Å². The highest BCUT2D eigenvalue weighted by molar-refractivity contribution is 6.33. The molecule has 1 unspecified atom stereocenters. The van der Waals surface area contributed by atoms with Crippen LogP contribution in [0.2, 0.25) is 5.02 Å². The van der Waals surface area contributed by atoms with Crippen molar-refractivity contribution >= 4 is 17.3 Å². The van der Waals surface area contributed by atoms with E-state index in [2.05, 4.69) is 37.1 Å². The number of benzene rings is 1. The van der Waals surface area contributed by atoms with E-state index in [0.29, 0.717) is 0 Å². The van der Waals surface area contributed by atoms with Crippen molar-refractivity contribution < 1.29 is 5.11 Å². The van der Waals surface area contributed by atoms with Crippen LogP contribution in [0.15, 0.2) is 18.2 Å². The fourth-order valence-corrected chi connectivity index (χ4v) is 2.19. The highest BCUT2D eigenvalue weighted by Crippen LogP contribution is 2.26. The van der Waals surface area contributed by atoms with E-state index in [9.17, 15) is 5.11 Å². The number of hydrogen-bond donors (Lipinski definition) is 2. The summed E-state index contributed by atoms with van der Waals surface area (Å²) in [7, 11) is 2.00. The Morgan fingerprint density at radius 2 is 2.00 bits per heavy atom. The summed E-state index contributed by atoms with van der Waals surface area (Å²) in [5.41, 5.74) is 2.28. The van der Waals surface area contributed by atoms with E-state index in [1.165, 1.54) is 5.56 Å². The molecule has 0 saturated heterocycles. The van der Waals surface area contributed by atoms with Crippen molar-refractivity contribution in [3.63, 3.8) is 0 Å². The number of nitrogens with zero attached hydrogens (tertiary/aromatic N) is 1. The largest absolute Gasteiger partial charge is 0.393 e. The van der Waals surface area contributed by atoms with Crippen LogP contribution in [0.25, 0.3) is 0 Å². The Kier molecular flexibility index (Phi) is 6.31. The van der Waals surface area contributed by atoms with Gasteiger partial charge in [0.05, 0.1) is 16.8 Å². The van der Waals surface area contributed by atoms with Crippen molar-refractivity contribution in [2.45, 2.75) is 52.3 Å². The molecule has 1 aromatic carbocycles. The fourth-order valence-electron chi connectivity index (χ4n) is 1.84. The molecule has 20 heavy (non-hydrogen) atoms. The predicted octanol–water partition coefficient (Wildman–Crippen LogP) is 3.44. The van der Waals surface area contributed by atoms with E-state index in [1.54, 1.807) is 6.92 Å². The maximum atomic E-state index is 9.34. The normalized spacial score (nSPS) is 13.3. The Balaban J connectivity index is 2.67. The number of aliphatic hydroxyl groups is 1. The van der Waals surface area contributed by atoms with Gasteiger partial charge < -0.3 is 15.3 Å². The van der Waals surface area contributed by atoms with Gasteiger partial charge in [0.2, 0.25) is 0 Å². The Morgan fingerprint density at radius 3 is 2.50 bits per heavy atom. The zero-order chi connectivity index (χ0) is 15.3. The van der Waals surface area contributed by atoms with Gasteiger partial charge in [-0.15, -0.1) is 0 Å². The zero-order valence-electron chi connectivity index (χ0n) is 13.2. The smallest absolute Gasteiger partial charge is 0.0642 e. The summed E-state index contributed by atoms with van der Waals surface area (Å²) < 4.78 is 0. The Labute approximate surface area is 127 Å².